The fourth-order valence-electron chi connectivity index (χ4n) is 4.06. The number of hydrogen-bond donors (Lipinski definition) is 0. The van der Waals surface area contributed by atoms with Gasteiger partial charge in [0, 0.05) is 44.0 Å². The van der Waals surface area contributed by atoms with Crippen molar-refractivity contribution >= 4 is 6.29 Å². The average molecular weight is 345 g/mol. The summed E-state index contributed by atoms with van der Waals surface area (Å²) in [5.74, 6) is 0. The molecule has 25 heavy (non-hydrogen) atoms. The van der Waals surface area contributed by atoms with Crippen molar-refractivity contribution in [3.8, 4) is 0 Å². The van der Waals surface area contributed by atoms with Crippen molar-refractivity contribution in [3.05, 3.63) is 30.1 Å². The van der Waals surface area contributed by atoms with Crippen LogP contribution in [0.4, 0.5) is 0 Å². The van der Waals surface area contributed by atoms with E-state index in [4.69, 9.17) is 4.74 Å². The predicted molar refractivity (Wildman–Crippen MR) is 98.5 cm³/mol. The minimum atomic E-state index is -0.199. The van der Waals surface area contributed by atoms with Gasteiger partial charge in [0.1, 0.15) is 6.29 Å². The van der Waals surface area contributed by atoms with Gasteiger partial charge >= 0.3 is 0 Å². The highest BCUT2D eigenvalue weighted by atomic mass is 16.5. The van der Waals surface area contributed by atoms with Crippen molar-refractivity contribution in [1.29, 1.82) is 0 Å². The van der Waals surface area contributed by atoms with Crippen molar-refractivity contribution < 1.29 is 9.53 Å². The number of carbonyl (C=O) groups is 1. The lowest BCUT2D eigenvalue weighted by Gasteiger charge is -2.42. The zero-order valence-corrected chi connectivity index (χ0v) is 15.2. The number of unbranched alkanes of at least 4 members (excludes halogenated alkanes) is 1. The van der Waals surface area contributed by atoms with Crippen LogP contribution in [-0.2, 0) is 15.1 Å². The molecule has 5 heteroatoms. The summed E-state index contributed by atoms with van der Waals surface area (Å²) in [6, 6.07) is 4.17. The number of carbonyl (C=O) groups excluding carboxylic acids is 1. The first-order valence-electron chi connectivity index (χ1n) is 9.75. The zero-order chi connectivity index (χ0) is 17.4. The molecular formula is C20H31N3O2. The Balaban J connectivity index is 1.57. The second kappa shape index (κ2) is 9.41. The number of aromatic nitrogens is 1. The van der Waals surface area contributed by atoms with Crippen LogP contribution in [0, 0.1) is 0 Å². The molecule has 0 saturated carbocycles. The maximum absolute atomic E-state index is 10.5. The molecule has 0 spiro atoms. The van der Waals surface area contributed by atoms with Crippen LogP contribution < -0.4 is 0 Å². The van der Waals surface area contributed by atoms with Gasteiger partial charge in [0.2, 0.25) is 0 Å². The molecule has 0 radical (unpaired) electrons. The number of ether oxygens (including phenoxy) is 1. The molecule has 2 aliphatic heterocycles. The van der Waals surface area contributed by atoms with Crippen LogP contribution in [0.25, 0.3) is 0 Å². The normalized spacial score (nSPS) is 21.4. The first-order valence-corrected chi connectivity index (χ1v) is 9.75. The first kappa shape index (κ1) is 18.5. The van der Waals surface area contributed by atoms with Crippen molar-refractivity contribution in [1.82, 2.24) is 14.8 Å². The summed E-state index contributed by atoms with van der Waals surface area (Å²) in [6.07, 6.45) is 11.1. The number of aldehydes is 1. The molecule has 0 bridgehead atoms. The monoisotopic (exact) mass is 345 g/mol. The lowest BCUT2D eigenvalue weighted by molar-refractivity contribution is -0.108. The largest absolute Gasteiger partial charge is 0.369 e. The molecule has 2 aliphatic rings. The van der Waals surface area contributed by atoms with E-state index in [0.717, 1.165) is 58.3 Å². The minimum Gasteiger partial charge on any atom is -0.369 e. The lowest BCUT2D eigenvalue weighted by Crippen LogP contribution is -2.45. The summed E-state index contributed by atoms with van der Waals surface area (Å²) in [5, 5.41) is 0. The van der Waals surface area contributed by atoms with Crippen molar-refractivity contribution in [2.75, 3.05) is 45.9 Å². The van der Waals surface area contributed by atoms with Gasteiger partial charge in [-0.2, -0.15) is 0 Å². The van der Waals surface area contributed by atoms with Gasteiger partial charge in [-0.15, -0.1) is 0 Å². The number of nitrogens with zero attached hydrogens (tertiary/aromatic N) is 3. The summed E-state index contributed by atoms with van der Waals surface area (Å²) in [7, 11) is 0. The van der Waals surface area contributed by atoms with E-state index >= 15 is 0 Å². The molecule has 2 saturated heterocycles. The quantitative estimate of drug-likeness (QED) is 0.508. The number of hydrogen-bond acceptors (Lipinski definition) is 5. The van der Waals surface area contributed by atoms with E-state index in [2.05, 4.69) is 20.9 Å². The average Bonchev–Trinajstić information content (AvgIpc) is 3.18. The Hall–Kier alpha value is -1.30. The van der Waals surface area contributed by atoms with Gasteiger partial charge in [0.25, 0.3) is 0 Å². The molecule has 138 valence electrons. The van der Waals surface area contributed by atoms with Gasteiger partial charge in [-0.05, 0) is 57.8 Å². The number of likely N-dealkylation sites (tertiary alicyclic amines) is 2. The predicted octanol–water partition coefficient (Wildman–Crippen LogP) is 2.46. The molecule has 0 N–H and O–H groups in total. The van der Waals surface area contributed by atoms with E-state index < -0.39 is 0 Å². The van der Waals surface area contributed by atoms with E-state index in [-0.39, 0.29) is 5.60 Å². The number of rotatable bonds is 9. The Morgan fingerprint density at radius 1 is 1.12 bits per heavy atom. The minimum absolute atomic E-state index is 0.199. The Labute approximate surface area is 151 Å². The molecule has 3 heterocycles. The summed E-state index contributed by atoms with van der Waals surface area (Å²) in [6.45, 7) is 7.32. The Morgan fingerprint density at radius 3 is 2.56 bits per heavy atom. The molecule has 0 aromatic carbocycles. The molecule has 0 aliphatic carbocycles. The maximum Gasteiger partial charge on any atom is 0.120 e. The fourth-order valence-corrected chi connectivity index (χ4v) is 4.06. The van der Waals surface area contributed by atoms with Crippen LogP contribution >= 0.6 is 0 Å². The van der Waals surface area contributed by atoms with E-state index in [1.54, 1.807) is 0 Å². The van der Waals surface area contributed by atoms with Crippen LogP contribution in [0.1, 0.15) is 44.1 Å². The molecule has 0 atom stereocenters. The van der Waals surface area contributed by atoms with E-state index in [0.29, 0.717) is 6.42 Å². The topological polar surface area (TPSA) is 45.7 Å². The summed E-state index contributed by atoms with van der Waals surface area (Å²) >= 11 is 0. The molecule has 2 fully saturated rings. The Bertz CT molecular complexity index is 509. The van der Waals surface area contributed by atoms with E-state index in [9.17, 15) is 4.79 Å². The molecular weight excluding hydrogens is 314 g/mol. The van der Waals surface area contributed by atoms with Gasteiger partial charge in [-0.1, -0.05) is 6.07 Å². The van der Waals surface area contributed by atoms with Crippen molar-refractivity contribution in [2.24, 2.45) is 0 Å². The van der Waals surface area contributed by atoms with Crippen molar-refractivity contribution in [3.63, 3.8) is 0 Å². The molecule has 1 aromatic rings. The van der Waals surface area contributed by atoms with Crippen LogP contribution in [0.2, 0.25) is 0 Å². The summed E-state index contributed by atoms with van der Waals surface area (Å²) < 4.78 is 6.53. The SMILES string of the molecule is O=CCCCN1CCC(OCCN2CCCC2)(c2cccnc2)CC1. The van der Waals surface area contributed by atoms with Crippen LogP contribution in [0.15, 0.2) is 24.5 Å². The van der Waals surface area contributed by atoms with E-state index in [1.807, 2.05) is 18.5 Å². The fraction of sp³-hybridized carbons (Fsp3) is 0.700. The number of pyridine rings is 1. The highest BCUT2D eigenvalue weighted by Gasteiger charge is 2.37. The maximum atomic E-state index is 10.5. The molecule has 3 rings (SSSR count). The van der Waals surface area contributed by atoms with Crippen LogP contribution in [-0.4, -0.2) is 66.9 Å². The first-order chi connectivity index (χ1) is 12.3. The van der Waals surface area contributed by atoms with Crippen LogP contribution in [0.5, 0.6) is 0 Å². The zero-order valence-electron chi connectivity index (χ0n) is 15.2. The highest BCUT2D eigenvalue weighted by molar-refractivity contribution is 5.49. The Kier molecular flexibility index (Phi) is 6.96. The molecule has 5 nitrogen and oxygen atoms in total. The van der Waals surface area contributed by atoms with Crippen LogP contribution in [0.3, 0.4) is 0 Å². The van der Waals surface area contributed by atoms with Gasteiger partial charge in [0.15, 0.2) is 0 Å². The third kappa shape index (κ3) is 5.09. The van der Waals surface area contributed by atoms with Gasteiger partial charge < -0.3 is 19.3 Å². The third-order valence-corrected chi connectivity index (χ3v) is 5.63. The molecule has 0 unspecified atom stereocenters. The Morgan fingerprint density at radius 2 is 1.88 bits per heavy atom. The standard InChI is InChI=1S/C20H31N3O2/c24-16-4-3-12-23-13-7-20(8-14-23,19-6-5-9-21-18-19)25-17-15-22-10-1-2-11-22/h5-6,9,16,18H,1-4,7-8,10-15,17H2. The third-order valence-electron chi connectivity index (χ3n) is 5.63. The van der Waals surface area contributed by atoms with Gasteiger partial charge in [-0.25, -0.2) is 0 Å². The molecule has 0 amide bonds. The molecule has 1 aromatic heterocycles. The summed E-state index contributed by atoms with van der Waals surface area (Å²) in [5.41, 5.74) is 1.01. The number of piperidine rings is 1. The highest BCUT2D eigenvalue weighted by Crippen LogP contribution is 2.36. The second-order valence-corrected chi connectivity index (χ2v) is 7.28. The summed E-state index contributed by atoms with van der Waals surface area (Å²) in [4.78, 5) is 19.8. The van der Waals surface area contributed by atoms with Gasteiger partial charge in [-0.3, -0.25) is 4.98 Å². The smallest absolute Gasteiger partial charge is 0.120 e. The second-order valence-electron chi connectivity index (χ2n) is 7.28. The lowest BCUT2D eigenvalue weighted by atomic mass is 9.85. The van der Waals surface area contributed by atoms with E-state index in [1.165, 1.54) is 31.5 Å². The van der Waals surface area contributed by atoms with Crippen molar-refractivity contribution in [2.45, 2.75) is 44.1 Å². The van der Waals surface area contributed by atoms with Gasteiger partial charge in [0.05, 0.1) is 12.2 Å².